The lowest BCUT2D eigenvalue weighted by Gasteiger charge is -2.34. The van der Waals surface area contributed by atoms with Gasteiger partial charge in [-0.3, -0.25) is 14.0 Å². The van der Waals surface area contributed by atoms with Crippen LogP contribution in [0.4, 0.5) is 5.82 Å². The number of rotatable bonds is 3. The highest BCUT2D eigenvalue weighted by Crippen LogP contribution is 2.34. The SMILES string of the molecule is CC(C)(C)Nc1c(C2CCCN(C(=O)C3CCC(=O)N3)C2)nc2ccccn12. The molecular weight excluding hydrogens is 354 g/mol. The summed E-state index contributed by atoms with van der Waals surface area (Å²) in [7, 11) is 0. The van der Waals surface area contributed by atoms with E-state index in [9.17, 15) is 9.59 Å². The highest BCUT2D eigenvalue weighted by atomic mass is 16.2. The van der Waals surface area contributed by atoms with Crippen molar-refractivity contribution in [1.82, 2.24) is 19.6 Å². The number of aromatic nitrogens is 2. The first-order valence-electron chi connectivity index (χ1n) is 10.1. The van der Waals surface area contributed by atoms with Crippen LogP contribution in [0, 0.1) is 0 Å². The maximum absolute atomic E-state index is 12.9. The quantitative estimate of drug-likeness (QED) is 0.854. The van der Waals surface area contributed by atoms with Crippen molar-refractivity contribution in [1.29, 1.82) is 0 Å². The third-order valence-corrected chi connectivity index (χ3v) is 5.46. The van der Waals surface area contributed by atoms with Crippen LogP contribution >= 0.6 is 0 Å². The first-order chi connectivity index (χ1) is 13.3. The van der Waals surface area contributed by atoms with Gasteiger partial charge in [-0.2, -0.15) is 0 Å². The van der Waals surface area contributed by atoms with Gasteiger partial charge in [0.15, 0.2) is 0 Å². The third kappa shape index (κ3) is 3.70. The first kappa shape index (κ1) is 18.8. The Balaban J connectivity index is 1.61. The number of fused-ring (bicyclic) bond motifs is 1. The van der Waals surface area contributed by atoms with Gasteiger partial charge in [0.05, 0.1) is 5.69 Å². The first-order valence-corrected chi connectivity index (χ1v) is 10.1. The molecule has 0 aromatic carbocycles. The second kappa shape index (κ2) is 7.11. The van der Waals surface area contributed by atoms with E-state index in [0.29, 0.717) is 19.4 Å². The van der Waals surface area contributed by atoms with E-state index in [1.165, 1.54) is 0 Å². The lowest BCUT2D eigenvalue weighted by molar-refractivity contribution is -0.135. The largest absolute Gasteiger partial charge is 0.365 e. The number of likely N-dealkylation sites (tertiary alicyclic amines) is 1. The summed E-state index contributed by atoms with van der Waals surface area (Å²) in [5.74, 6) is 1.21. The number of carbonyl (C=O) groups is 2. The van der Waals surface area contributed by atoms with E-state index in [1.807, 2.05) is 29.3 Å². The monoisotopic (exact) mass is 383 g/mol. The van der Waals surface area contributed by atoms with Gasteiger partial charge in [-0.15, -0.1) is 0 Å². The van der Waals surface area contributed by atoms with Gasteiger partial charge in [0.1, 0.15) is 17.5 Å². The molecule has 2 aliphatic heterocycles. The summed E-state index contributed by atoms with van der Waals surface area (Å²) in [4.78, 5) is 31.2. The molecule has 4 heterocycles. The maximum Gasteiger partial charge on any atom is 0.245 e. The summed E-state index contributed by atoms with van der Waals surface area (Å²) in [6.07, 6.45) is 5.02. The van der Waals surface area contributed by atoms with Crippen molar-refractivity contribution in [2.24, 2.45) is 0 Å². The number of nitrogens with zero attached hydrogens (tertiary/aromatic N) is 3. The lowest BCUT2D eigenvalue weighted by atomic mass is 9.93. The Kier molecular flexibility index (Phi) is 4.77. The summed E-state index contributed by atoms with van der Waals surface area (Å²) in [6, 6.07) is 5.65. The lowest BCUT2D eigenvalue weighted by Crippen LogP contribution is -2.48. The Morgan fingerprint density at radius 3 is 2.82 bits per heavy atom. The van der Waals surface area contributed by atoms with Crippen molar-refractivity contribution in [3.63, 3.8) is 0 Å². The predicted octanol–water partition coefficient (Wildman–Crippen LogP) is 2.53. The predicted molar refractivity (Wildman–Crippen MR) is 108 cm³/mol. The standard InChI is InChI=1S/C21H29N5O2/c1-21(2,3)24-19-18(23-16-8-4-5-12-26(16)19)14-7-6-11-25(13-14)20(28)15-9-10-17(27)22-15/h4-5,8,12,14-15,24H,6-7,9-11,13H2,1-3H3,(H,22,27). The van der Waals surface area contributed by atoms with Crippen LogP contribution in [0.25, 0.3) is 5.65 Å². The van der Waals surface area contributed by atoms with Gasteiger partial charge in [-0.05, 0) is 52.2 Å². The fraction of sp³-hybridized carbons (Fsp3) is 0.571. The number of pyridine rings is 1. The highest BCUT2D eigenvalue weighted by Gasteiger charge is 2.35. The molecule has 0 spiro atoms. The van der Waals surface area contributed by atoms with Gasteiger partial charge in [0, 0.05) is 37.2 Å². The minimum absolute atomic E-state index is 0.0241. The van der Waals surface area contributed by atoms with E-state index >= 15 is 0 Å². The van der Waals surface area contributed by atoms with Crippen molar-refractivity contribution in [3.8, 4) is 0 Å². The summed E-state index contributed by atoms with van der Waals surface area (Å²) in [5.41, 5.74) is 1.84. The van der Waals surface area contributed by atoms with E-state index in [1.54, 1.807) is 0 Å². The van der Waals surface area contributed by atoms with E-state index in [2.05, 4.69) is 35.8 Å². The summed E-state index contributed by atoms with van der Waals surface area (Å²) in [6.45, 7) is 7.81. The number of nitrogens with one attached hydrogen (secondary N) is 2. The van der Waals surface area contributed by atoms with Crippen LogP contribution in [-0.4, -0.2) is 50.8 Å². The molecule has 150 valence electrons. The van der Waals surface area contributed by atoms with Crippen molar-refractivity contribution < 1.29 is 9.59 Å². The van der Waals surface area contributed by atoms with Crippen LogP contribution in [0.2, 0.25) is 0 Å². The Morgan fingerprint density at radius 2 is 2.11 bits per heavy atom. The number of anilines is 1. The summed E-state index contributed by atoms with van der Waals surface area (Å²) < 4.78 is 2.10. The molecule has 0 radical (unpaired) electrons. The minimum atomic E-state index is -0.362. The number of imidazole rings is 1. The molecule has 2 fully saturated rings. The number of hydrogen-bond acceptors (Lipinski definition) is 4. The third-order valence-electron chi connectivity index (χ3n) is 5.46. The molecule has 0 aliphatic carbocycles. The molecular formula is C21H29N5O2. The summed E-state index contributed by atoms with van der Waals surface area (Å²) in [5, 5.41) is 6.42. The minimum Gasteiger partial charge on any atom is -0.365 e. The van der Waals surface area contributed by atoms with Crippen molar-refractivity contribution in [2.75, 3.05) is 18.4 Å². The van der Waals surface area contributed by atoms with E-state index in [0.717, 1.165) is 36.5 Å². The molecule has 4 rings (SSSR count). The fourth-order valence-corrected chi connectivity index (χ4v) is 4.20. The van der Waals surface area contributed by atoms with Gasteiger partial charge in [-0.25, -0.2) is 4.98 Å². The van der Waals surface area contributed by atoms with Gasteiger partial charge in [0.2, 0.25) is 11.8 Å². The topological polar surface area (TPSA) is 78.7 Å². The smallest absolute Gasteiger partial charge is 0.245 e. The average molecular weight is 383 g/mol. The number of hydrogen-bond donors (Lipinski definition) is 2. The van der Waals surface area contributed by atoms with E-state index in [-0.39, 0.29) is 29.3 Å². The molecule has 2 aromatic heterocycles. The van der Waals surface area contributed by atoms with Gasteiger partial charge >= 0.3 is 0 Å². The molecule has 2 unspecified atom stereocenters. The van der Waals surface area contributed by atoms with Gasteiger partial charge < -0.3 is 15.5 Å². The Hall–Kier alpha value is -2.57. The molecule has 2 aromatic rings. The Labute approximate surface area is 165 Å². The van der Waals surface area contributed by atoms with Gasteiger partial charge in [0.25, 0.3) is 0 Å². The van der Waals surface area contributed by atoms with Crippen molar-refractivity contribution >= 4 is 23.3 Å². The van der Waals surface area contributed by atoms with Crippen molar-refractivity contribution in [3.05, 3.63) is 30.1 Å². The average Bonchev–Trinajstić information content (AvgIpc) is 3.24. The fourth-order valence-electron chi connectivity index (χ4n) is 4.20. The molecule has 2 aliphatic rings. The van der Waals surface area contributed by atoms with E-state index < -0.39 is 0 Å². The molecule has 2 N–H and O–H groups in total. The molecule has 0 bridgehead atoms. The number of piperidine rings is 1. The molecule has 7 nitrogen and oxygen atoms in total. The maximum atomic E-state index is 12.9. The summed E-state index contributed by atoms with van der Waals surface area (Å²) >= 11 is 0. The normalized spacial score (nSPS) is 23.1. The van der Waals surface area contributed by atoms with Crippen LogP contribution < -0.4 is 10.6 Å². The Morgan fingerprint density at radius 1 is 1.29 bits per heavy atom. The zero-order chi connectivity index (χ0) is 19.9. The molecule has 28 heavy (non-hydrogen) atoms. The zero-order valence-corrected chi connectivity index (χ0v) is 16.9. The van der Waals surface area contributed by atoms with Crippen LogP contribution in [0.3, 0.4) is 0 Å². The zero-order valence-electron chi connectivity index (χ0n) is 16.9. The van der Waals surface area contributed by atoms with Gasteiger partial charge in [-0.1, -0.05) is 6.07 Å². The molecule has 2 saturated heterocycles. The van der Waals surface area contributed by atoms with Crippen LogP contribution in [0.5, 0.6) is 0 Å². The second-order valence-electron chi connectivity index (χ2n) is 8.93. The molecule has 2 amide bonds. The van der Waals surface area contributed by atoms with Crippen LogP contribution in [-0.2, 0) is 9.59 Å². The highest BCUT2D eigenvalue weighted by molar-refractivity contribution is 5.90. The molecule has 0 saturated carbocycles. The van der Waals surface area contributed by atoms with Crippen LogP contribution in [0.1, 0.15) is 58.1 Å². The number of carbonyl (C=O) groups excluding carboxylic acids is 2. The van der Waals surface area contributed by atoms with Crippen LogP contribution in [0.15, 0.2) is 24.4 Å². The molecule has 7 heteroatoms. The molecule has 2 atom stereocenters. The Bertz CT molecular complexity index is 898. The van der Waals surface area contributed by atoms with Crippen molar-refractivity contribution in [2.45, 2.75) is 64.0 Å². The van der Waals surface area contributed by atoms with E-state index in [4.69, 9.17) is 4.98 Å². The second-order valence-corrected chi connectivity index (χ2v) is 8.93. The number of amides is 2.